The molecule has 15 heavy (non-hydrogen) atoms. The summed E-state index contributed by atoms with van der Waals surface area (Å²) in [5.41, 5.74) is 2.31. The zero-order chi connectivity index (χ0) is 10.7. The van der Waals surface area contributed by atoms with Crippen LogP contribution in [-0.2, 0) is 6.42 Å². The van der Waals surface area contributed by atoms with E-state index in [-0.39, 0.29) is 0 Å². The summed E-state index contributed by atoms with van der Waals surface area (Å²) in [4.78, 5) is 4.46. The topological polar surface area (TPSA) is 24.9 Å². The molecule has 0 aliphatic rings. The van der Waals surface area contributed by atoms with Crippen LogP contribution in [-0.4, -0.2) is 18.6 Å². The Labute approximate surface area is 97.8 Å². The maximum atomic E-state index is 4.46. The van der Waals surface area contributed by atoms with E-state index in [4.69, 9.17) is 0 Å². The summed E-state index contributed by atoms with van der Waals surface area (Å²) >= 11 is 3.50. The van der Waals surface area contributed by atoms with Crippen molar-refractivity contribution in [2.75, 3.05) is 13.6 Å². The van der Waals surface area contributed by atoms with E-state index in [0.29, 0.717) is 0 Å². The van der Waals surface area contributed by atoms with Crippen LogP contribution >= 0.6 is 15.9 Å². The van der Waals surface area contributed by atoms with Gasteiger partial charge in [-0.1, -0.05) is 12.1 Å². The van der Waals surface area contributed by atoms with Crippen molar-refractivity contribution in [1.29, 1.82) is 0 Å². The lowest BCUT2D eigenvalue weighted by molar-refractivity contribution is 0.790. The summed E-state index contributed by atoms with van der Waals surface area (Å²) in [6.07, 6.45) is 2.97. The van der Waals surface area contributed by atoms with Crippen molar-refractivity contribution in [3.05, 3.63) is 40.5 Å². The van der Waals surface area contributed by atoms with Gasteiger partial charge in [0.25, 0.3) is 0 Å². The molecule has 0 amide bonds. The van der Waals surface area contributed by atoms with Crippen LogP contribution < -0.4 is 5.32 Å². The Hall–Kier alpha value is -0.930. The van der Waals surface area contributed by atoms with E-state index in [0.717, 1.165) is 23.0 Å². The number of fused-ring (bicyclic) bond motifs is 1. The molecule has 78 valence electrons. The van der Waals surface area contributed by atoms with Crippen molar-refractivity contribution in [2.45, 2.75) is 6.42 Å². The molecule has 2 aromatic rings. The molecule has 0 radical (unpaired) electrons. The SMILES string of the molecule is CNCCc1cnc2c(Br)cccc2c1. The minimum Gasteiger partial charge on any atom is -0.319 e. The fourth-order valence-electron chi connectivity index (χ4n) is 1.58. The van der Waals surface area contributed by atoms with Gasteiger partial charge in [-0.2, -0.15) is 0 Å². The highest BCUT2D eigenvalue weighted by atomic mass is 79.9. The number of nitrogens with zero attached hydrogens (tertiary/aromatic N) is 1. The van der Waals surface area contributed by atoms with Gasteiger partial charge in [0.1, 0.15) is 0 Å². The Bertz CT molecular complexity index is 468. The molecule has 1 heterocycles. The van der Waals surface area contributed by atoms with Crippen molar-refractivity contribution in [2.24, 2.45) is 0 Å². The molecule has 0 unspecified atom stereocenters. The van der Waals surface area contributed by atoms with E-state index in [9.17, 15) is 0 Å². The minimum atomic E-state index is 0.987. The molecule has 0 bridgehead atoms. The average molecular weight is 265 g/mol. The lowest BCUT2D eigenvalue weighted by Crippen LogP contribution is -2.10. The predicted molar refractivity (Wildman–Crippen MR) is 67.1 cm³/mol. The van der Waals surface area contributed by atoms with E-state index in [2.05, 4.69) is 38.4 Å². The van der Waals surface area contributed by atoms with Crippen molar-refractivity contribution >= 4 is 26.8 Å². The van der Waals surface area contributed by atoms with Crippen LogP contribution in [0.5, 0.6) is 0 Å². The van der Waals surface area contributed by atoms with Crippen LogP contribution in [0.25, 0.3) is 10.9 Å². The molecule has 2 nitrogen and oxygen atoms in total. The van der Waals surface area contributed by atoms with E-state index < -0.39 is 0 Å². The molecule has 0 saturated heterocycles. The number of aromatic nitrogens is 1. The molecule has 0 spiro atoms. The Kier molecular flexibility index (Phi) is 3.34. The number of likely N-dealkylation sites (N-methyl/N-ethyl adjacent to an activating group) is 1. The van der Waals surface area contributed by atoms with Gasteiger partial charge < -0.3 is 5.32 Å². The second-order valence-corrected chi connectivity index (χ2v) is 4.36. The highest BCUT2D eigenvalue weighted by Crippen LogP contribution is 2.22. The monoisotopic (exact) mass is 264 g/mol. The number of rotatable bonds is 3. The fraction of sp³-hybridized carbons (Fsp3) is 0.250. The molecule has 1 aromatic carbocycles. The van der Waals surface area contributed by atoms with Crippen LogP contribution in [0.3, 0.4) is 0 Å². The highest BCUT2D eigenvalue weighted by molar-refractivity contribution is 9.10. The summed E-state index contributed by atoms with van der Waals surface area (Å²) in [6.45, 7) is 0.987. The highest BCUT2D eigenvalue weighted by Gasteiger charge is 2.00. The van der Waals surface area contributed by atoms with Gasteiger partial charge in [-0.25, -0.2) is 0 Å². The van der Waals surface area contributed by atoms with E-state index >= 15 is 0 Å². The van der Waals surface area contributed by atoms with Crippen LogP contribution in [0.1, 0.15) is 5.56 Å². The minimum absolute atomic E-state index is 0.987. The van der Waals surface area contributed by atoms with Gasteiger partial charge in [0.2, 0.25) is 0 Å². The zero-order valence-electron chi connectivity index (χ0n) is 8.63. The molecule has 0 atom stereocenters. The van der Waals surface area contributed by atoms with Crippen molar-refractivity contribution in [1.82, 2.24) is 10.3 Å². The summed E-state index contributed by atoms with van der Waals surface area (Å²) < 4.78 is 1.06. The standard InChI is InChI=1S/C12H13BrN2/c1-14-6-5-9-7-10-3-2-4-11(13)12(10)15-8-9/h2-4,7-8,14H,5-6H2,1H3. The molecular weight excluding hydrogens is 252 g/mol. The molecule has 0 aliphatic carbocycles. The third-order valence-electron chi connectivity index (χ3n) is 2.38. The normalized spacial score (nSPS) is 10.8. The smallest absolute Gasteiger partial charge is 0.0844 e. The number of halogens is 1. The van der Waals surface area contributed by atoms with E-state index in [1.165, 1.54) is 10.9 Å². The van der Waals surface area contributed by atoms with Gasteiger partial charge in [-0.15, -0.1) is 0 Å². The molecule has 3 heteroatoms. The average Bonchev–Trinajstić information content (AvgIpc) is 2.26. The van der Waals surface area contributed by atoms with Crippen LogP contribution in [0.4, 0.5) is 0 Å². The van der Waals surface area contributed by atoms with Crippen LogP contribution in [0, 0.1) is 0 Å². The predicted octanol–water partition coefficient (Wildman–Crippen LogP) is 2.76. The molecule has 1 N–H and O–H groups in total. The Morgan fingerprint density at radius 3 is 3.07 bits per heavy atom. The van der Waals surface area contributed by atoms with Gasteiger partial charge in [-0.3, -0.25) is 4.98 Å². The first-order chi connectivity index (χ1) is 7.31. The van der Waals surface area contributed by atoms with Gasteiger partial charge in [0.05, 0.1) is 5.52 Å². The number of pyridine rings is 1. The lowest BCUT2D eigenvalue weighted by atomic mass is 10.1. The van der Waals surface area contributed by atoms with Crippen molar-refractivity contribution in [3.8, 4) is 0 Å². The van der Waals surface area contributed by atoms with Crippen molar-refractivity contribution in [3.63, 3.8) is 0 Å². The maximum absolute atomic E-state index is 4.46. The number of benzene rings is 1. The first-order valence-electron chi connectivity index (χ1n) is 4.99. The first-order valence-corrected chi connectivity index (χ1v) is 5.78. The zero-order valence-corrected chi connectivity index (χ0v) is 10.2. The second kappa shape index (κ2) is 4.73. The number of hydrogen-bond acceptors (Lipinski definition) is 2. The largest absolute Gasteiger partial charge is 0.319 e. The second-order valence-electron chi connectivity index (χ2n) is 3.51. The molecule has 1 aromatic heterocycles. The molecular formula is C12H13BrN2. The van der Waals surface area contributed by atoms with E-state index in [1.807, 2.05) is 25.4 Å². The van der Waals surface area contributed by atoms with Crippen LogP contribution in [0.2, 0.25) is 0 Å². The summed E-state index contributed by atoms with van der Waals surface area (Å²) in [6, 6.07) is 8.35. The molecule has 0 fully saturated rings. The first kappa shape index (κ1) is 10.6. The summed E-state index contributed by atoms with van der Waals surface area (Å²) in [5, 5.41) is 4.33. The van der Waals surface area contributed by atoms with Gasteiger partial charge in [0, 0.05) is 16.1 Å². The number of nitrogens with one attached hydrogen (secondary N) is 1. The van der Waals surface area contributed by atoms with Gasteiger partial charge in [0.15, 0.2) is 0 Å². The fourth-order valence-corrected chi connectivity index (χ4v) is 2.06. The third-order valence-corrected chi connectivity index (χ3v) is 3.02. The summed E-state index contributed by atoms with van der Waals surface area (Å²) in [7, 11) is 1.96. The van der Waals surface area contributed by atoms with E-state index in [1.54, 1.807) is 0 Å². The van der Waals surface area contributed by atoms with Crippen molar-refractivity contribution < 1.29 is 0 Å². The Morgan fingerprint density at radius 1 is 1.40 bits per heavy atom. The Morgan fingerprint density at radius 2 is 2.27 bits per heavy atom. The molecule has 0 saturated carbocycles. The maximum Gasteiger partial charge on any atom is 0.0844 e. The van der Waals surface area contributed by atoms with Crippen LogP contribution in [0.15, 0.2) is 34.9 Å². The lowest BCUT2D eigenvalue weighted by Gasteiger charge is -2.03. The van der Waals surface area contributed by atoms with Gasteiger partial charge in [-0.05, 0) is 53.6 Å². The Balaban J connectivity index is 2.39. The van der Waals surface area contributed by atoms with Gasteiger partial charge >= 0.3 is 0 Å². The summed E-state index contributed by atoms with van der Waals surface area (Å²) in [5.74, 6) is 0. The molecule has 0 aliphatic heterocycles. The molecule has 2 rings (SSSR count). The number of hydrogen-bond donors (Lipinski definition) is 1. The quantitative estimate of drug-likeness (QED) is 0.923. The third kappa shape index (κ3) is 2.36. The number of para-hydroxylation sites is 1.